The fourth-order valence-corrected chi connectivity index (χ4v) is 2.01. The molecule has 5 heteroatoms. The molecule has 2 aromatic rings. The van der Waals surface area contributed by atoms with Gasteiger partial charge < -0.3 is 5.32 Å². The van der Waals surface area contributed by atoms with Crippen LogP contribution < -0.4 is 5.32 Å². The highest BCUT2D eigenvalue weighted by molar-refractivity contribution is 6.31. The highest BCUT2D eigenvalue weighted by atomic mass is 35.5. The van der Waals surface area contributed by atoms with Crippen molar-refractivity contribution in [1.29, 1.82) is 0 Å². The summed E-state index contributed by atoms with van der Waals surface area (Å²) < 4.78 is 25.4. The molecular formula is C16H10ClF2NO. The Bertz CT molecular complexity index is 722. The van der Waals surface area contributed by atoms with Gasteiger partial charge in [-0.05, 0) is 36.4 Å². The van der Waals surface area contributed by atoms with Gasteiger partial charge in [-0.3, -0.25) is 4.79 Å². The van der Waals surface area contributed by atoms with Gasteiger partial charge in [0.1, 0.15) is 0 Å². The predicted octanol–water partition coefficient (Wildman–Crippen LogP) is 4.51. The molecule has 1 N–H and O–H groups in total. The van der Waals surface area contributed by atoms with E-state index in [4.69, 9.17) is 18.0 Å². The third-order valence-corrected chi connectivity index (χ3v) is 2.94. The largest absolute Gasteiger partial charge is 0.322 e. The predicted molar refractivity (Wildman–Crippen MR) is 78.7 cm³/mol. The number of hydrogen-bond acceptors (Lipinski definition) is 1. The van der Waals surface area contributed by atoms with Crippen molar-refractivity contribution in [1.82, 2.24) is 0 Å². The highest BCUT2D eigenvalue weighted by Gasteiger charge is 2.12. The first-order chi connectivity index (χ1) is 9.99. The van der Waals surface area contributed by atoms with Crippen LogP contribution in [0.25, 0.3) is 0 Å². The maximum absolute atomic E-state index is 12.7. The van der Waals surface area contributed by atoms with Crippen LogP contribution in [0.15, 0.2) is 42.5 Å². The van der Waals surface area contributed by atoms with Crippen LogP contribution in [-0.4, -0.2) is 5.91 Å². The second-order valence-corrected chi connectivity index (χ2v) is 4.69. The number of carbonyl (C=O) groups is 1. The molecule has 0 saturated carbocycles. The molecule has 2 aromatic carbocycles. The van der Waals surface area contributed by atoms with E-state index in [0.29, 0.717) is 11.1 Å². The number of hydrogen-bond donors (Lipinski definition) is 1. The summed E-state index contributed by atoms with van der Waals surface area (Å²) in [6.45, 7) is 0. The lowest BCUT2D eigenvalue weighted by Crippen LogP contribution is -2.12. The average molecular weight is 306 g/mol. The number of alkyl halides is 2. The summed E-state index contributed by atoms with van der Waals surface area (Å²) in [5.41, 5.74) is 0.843. The Labute approximate surface area is 125 Å². The quantitative estimate of drug-likeness (QED) is 0.830. The molecule has 0 radical (unpaired) electrons. The van der Waals surface area contributed by atoms with Crippen LogP contribution in [0.3, 0.4) is 0 Å². The number of benzene rings is 2. The van der Waals surface area contributed by atoms with Crippen LogP contribution in [0.5, 0.6) is 0 Å². The maximum atomic E-state index is 12.7. The molecule has 0 saturated heterocycles. The number of carbonyl (C=O) groups excluding carboxylic acids is 1. The Morgan fingerprint density at radius 1 is 1.24 bits per heavy atom. The number of anilines is 1. The van der Waals surface area contributed by atoms with Crippen molar-refractivity contribution in [2.45, 2.75) is 6.43 Å². The second kappa shape index (κ2) is 6.38. The van der Waals surface area contributed by atoms with Crippen LogP contribution in [0.2, 0.25) is 5.02 Å². The van der Waals surface area contributed by atoms with Crippen molar-refractivity contribution in [2.24, 2.45) is 0 Å². The Morgan fingerprint density at radius 3 is 2.67 bits per heavy atom. The molecule has 0 unspecified atom stereocenters. The first-order valence-corrected chi connectivity index (χ1v) is 6.34. The van der Waals surface area contributed by atoms with Crippen LogP contribution >= 0.6 is 11.6 Å². The lowest BCUT2D eigenvalue weighted by molar-refractivity contribution is 0.102. The minimum absolute atomic E-state index is 0.125. The van der Waals surface area contributed by atoms with Crippen molar-refractivity contribution in [3.8, 4) is 12.3 Å². The average Bonchev–Trinajstić information content (AvgIpc) is 2.46. The summed E-state index contributed by atoms with van der Waals surface area (Å²) in [4.78, 5) is 12.1. The molecule has 0 spiro atoms. The fourth-order valence-electron chi connectivity index (χ4n) is 1.76. The molecule has 2 rings (SSSR count). The maximum Gasteiger partial charge on any atom is 0.263 e. The highest BCUT2D eigenvalue weighted by Crippen LogP contribution is 2.26. The van der Waals surface area contributed by atoms with E-state index in [9.17, 15) is 13.6 Å². The number of terminal acetylenes is 1. The van der Waals surface area contributed by atoms with E-state index in [1.54, 1.807) is 18.2 Å². The van der Waals surface area contributed by atoms with Gasteiger partial charge in [-0.1, -0.05) is 23.6 Å². The van der Waals surface area contributed by atoms with Gasteiger partial charge in [-0.2, -0.15) is 0 Å². The zero-order valence-corrected chi connectivity index (χ0v) is 11.5. The molecule has 0 aliphatic heterocycles. The summed E-state index contributed by atoms with van der Waals surface area (Å²) in [6, 6.07) is 10.2. The first-order valence-electron chi connectivity index (χ1n) is 5.96. The van der Waals surface area contributed by atoms with Gasteiger partial charge in [0.05, 0.1) is 0 Å². The van der Waals surface area contributed by atoms with E-state index in [-0.39, 0.29) is 16.3 Å². The van der Waals surface area contributed by atoms with Crippen molar-refractivity contribution < 1.29 is 13.6 Å². The van der Waals surface area contributed by atoms with Gasteiger partial charge >= 0.3 is 0 Å². The van der Waals surface area contributed by atoms with Gasteiger partial charge in [0.2, 0.25) is 0 Å². The minimum Gasteiger partial charge on any atom is -0.322 e. The monoisotopic (exact) mass is 305 g/mol. The Kier molecular flexibility index (Phi) is 4.56. The van der Waals surface area contributed by atoms with E-state index in [2.05, 4.69) is 11.2 Å². The van der Waals surface area contributed by atoms with Crippen molar-refractivity contribution in [3.05, 3.63) is 64.2 Å². The third kappa shape index (κ3) is 3.80. The van der Waals surface area contributed by atoms with Gasteiger partial charge in [0.15, 0.2) is 0 Å². The summed E-state index contributed by atoms with van der Waals surface area (Å²) in [5.74, 6) is 1.97. The second-order valence-electron chi connectivity index (χ2n) is 4.25. The van der Waals surface area contributed by atoms with Crippen molar-refractivity contribution in [2.75, 3.05) is 5.32 Å². The molecule has 0 aromatic heterocycles. The van der Waals surface area contributed by atoms with E-state index >= 15 is 0 Å². The molecule has 1 amide bonds. The standard InChI is InChI=1S/C16H10ClF2NO/c1-2-10-4-3-5-11(6-10)16(21)20-14-8-12(15(18)19)7-13(17)9-14/h1,3-9,15H,(H,20,21). The zero-order chi connectivity index (χ0) is 15.4. The van der Waals surface area contributed by atoms with Gasteiger partial charge in [-0.25, -0.2) is 8.78 Å². The summed E-state index contributed by atoms with van der Waals surface area (Å²) in [7, 11) is 0. The third-order valence-electron chi connectivity index (χ3n) is 2.72. The van der Waals surface area contributed by atoms with E-state index in [0.717, 1.165) is 6.07 Å². The van der Waals surface area contributed by atoms with Gasteiger partial charge in [0, 0.05) is 27.4 Å². The normalized spacial score (nSPS) is 10.2. The number of halogens is 3. The Morgan fingerprint density at radius 2 is 2.00 bits per heavy atom. The topological polar surface area (TPSA) is 29.1 Å². The van der Waals surface area contributed by atoms with Crippen LogP contribution in [0.4, 0.5) is 14.5 Å². The molecule has 0 aliphatic carbocycles. The molecule has 0 bridgehead atoms. The molecule has 0 heterocycles. The van der Waals surface area contributed by atoms with E-state index in [1.807, 2.05) is 0 Å². The van der Waals surface area contributed by atoms with Crippen LogP contribution in [0.1, 0.15) is 27.9 Å². The SMILES string of the molecule is C#Cc1cccc(C(=O)Nc2cc(Cl)cc(C(F)F)c2)c1. The van der Waals surface area contributed by atoms with Crippen LogP contribution in [-0.2, 0) is 0 Å². The smallest absolute Gasteiger partial charge is 0.263 e. The fraction of sp³-hybridized carbons (Fsp3) is 0.0625. The van der Waals surface area contributed by atoms with Gasteiger partial charge in [-0.15, -0.1) is 6.42 Å². The molecule has 21 heavy (non-hydrogen) atoms. The summed E-state index contributed by atoms with van der Waals surface area (Å²) >= 11 is 5.76. The molecular weight excluding hydrogens is 296 g/mol. The zero-order valence-electron chi connectivity index (χ0n) is 10.7. The van der Waals surface area contributed by atoms with Crippen molar-refractivity contribution >= 4 is 23.2 Å². The van der Waals surface area contributed by atoms with E-state index < -0.39 is 12.3 Å². The van der Waals surface area contributed by atoms with Crippen molar-refractivity contribution in [3.63, 3.8) is 0 Å². The molecule has 0 fully saturated rings. The minimum atomic E-state index is -2.66. The summed E-state index contributed by atoms with van der Waals surface area (Å²) in [6.07, 6.45) is 2.60. The Balaban J connectivity index is 2.25. The lowest BCUT2D eigenvalue weighted by atomic mass is 10.1. The van der Waals surface area contributed by atoms with Crippen LogP contribution in [0, 0.1) is 12.3 Å². The number of amides is 1. The molecule has 0 aliphatic rings. The number of nitrogens with one attached hydrogen (secondary N) is 1. The lowest BCUT2D eigenvalue weighted by Gasteiger charge is -2.08. The summed E-state index contributed by atoms with van der Waals surface area (Å²) in [5, 5.41) is 2.65. The number of rotatable bonds is 3. The molecule has 0 atom stereocenters. The Hall–Kier alpha value is -2.38. The van der Waals surface area contributed by atoms with E-state index in [1.165, 1.54) is 18.2 Å². The van der Waals surface area contributed by atoms with Gasteiger partial charge in [0.25, 0.3) is 12.3 Å². The molecule has 106 valence electrons. The molecule has 2 nitrogen and oxygen atoms in total. The first kappa shape index (κ1) is 15.0.